The molecule has 1 rings (SSSR count). The zero-order valence-corrected chi connectivity index (χ0v) is 12.5. The topological polar surface area (TPSA) is 84.2 Å². The predicted molar refractivity (Wildman–Crippen MR) is 79.4 cm³/mol. The van der Waals surface area contributed by atoms with Crippen LogP contribution in [0.15, 0.2) is 18.2 Å². The maximum absolute atomic E-state index is 12.0. The van der Waals surface area contributed by atoms with E-state index < -0.39 is 5.91 Å². The monoisotopic (exact) mass is 277 g/mol. The van der Waals surface area contributed by atoms with Crippen molar-refractivity contribution in [3.05, 3.63) is 34.9 Å². The van der Waals surface area contributed by atoms with Crippen molar-refractivity contribution < 1.29 is 9.59 Å². The van der Waals surface area contributed by atoms with Crippen molar-refractivity contribution in [3.63, 3.8) is 0 Å². The standard InChI is InChI=1S/C15H23N3O2/c1-5-13(17-4)15(20)18-10(3)11-7-6-9(2)12(8-11)14(16)19/h6-8,10,13,17H,5H2,1-4H3,(H2,16,19)(H,18,20). The number of nitrogens with one attached hydrogen (secondary N) is 2. The van der Waals surface area contributed by atoms with Crippen LogP contribution in [-0.2, 0) is 4.79 Å². The van der Waals surface area contributed by atoms with Gasteiger partial charge in [0.25, 0.3) is 0 Å². The molecule has 2 amide bonds. The lowest BCUT2D eigenvalue weighted by atomic mass is 10.0. The molecule has 1 aromatic rings. The molecule has 0 aliphatic carbocycles. The van der Waals surface area contributed by atoms with Gasteiger partial charge >= 0.3 is 0 Å². The fourth-order valence-corrected chi connectivity index (χ4v) is 2.09. The highest BCUT2D eigenvalue weighted by Crippen LogP contribution is 2.17. The van der Waals surface area contributed by atoms with E-state index in [1.165, 1.54) is 0 Å². The van der Waals surface area contributed by atoms with Gasteiger partial charge in [0.15, 0.2) is 0 Å². The third-order valence-electron chi connectivity index (χ3n) is 3.46. The van der Waals surface area contributed by atoms with Crippen LogP contribution in [0.1, 0.15) is 47.8 Å². The lowest BCUT2D eigenvalue weighted by molar-refractivity contribution is -0.123. The van der Waals surface area contributed by atoms with Gasteiger partial charge in [-0.1, -0.05) is 19.1 Å². The van der Waals surface area contributed by atoms with E-state index in [4.69, 9.17) is 5.73 Å². The Morgan fingerprint density at radius 3 is 2.50 bits per heavy atom. The first-order valence-corrected chi connectivity index (χ1v) is 6.78. The molecule has 2 atom stereocenters. The van der Waals surface area contributed by atoms with Crippen LogP contribution < -0.4 is 16.4 Å². The Bertz CT molecular complexity index is 496. The zero-order valence-electron chi connectivity index (χ0n) is 12.5. The summed E-state index contributed by atoms with van der Waals surface area (Å²) in [4.78, 5) is 23.4. The second kappa shape index (κ2) is 7.05. The highest BCUT2D eigenvalue weighted by Gasteiger charge is 2.17. The van der Waals surface area contributed by atoms with Crippen LogP contribution >= 0.6 is 0 Å². The van der Waals surface area contributed by atoms with Crippen molar-refractivity contribution >= 4 is 11.8 Å². The number of carbonyl (C=O) groups is 2. The van der Waals surface area contributed by atoms with E-state index in [9.17, 15) is 9.59 Å². The maximum atomic E-state index is 12.0. The van der Waals surface area contributed by atoms with E-state index in [-0.39, 0.29) is 18.0 Å². The summed E-state index contributed by atoms with van der Waals surface area (Å²) in [7, 11) is 1.76. The molecule has 0 saturated heterocycles. The minimum atomic E-state index is -0.454. The van der Waals surface area contributed by atoms with E-state index in [1.54, 1.807) is 13.1 Å². The number of rotatable bonds is 6. The zero-order chi connectivity index (χ0) is 15.3. The summed E-state index contributed by atoms with van der Waals surface area (Å²) < 4.78 is 0. The van der Waals surface area contributed by atoms with E-state index in [1.807, 2.05) is 32.9 Å². The number of primary amides is 1. The molecule has 0 aliphatic heterocycles. The summed E-state index contributed by atoms with van der Waals surface area (Å²) in [6, 6.07) is 5.09. The molecular weight excluding hydrogens is 254 g/mol. The fraction of sp³-hybridized carbons (Fsp3) is 0.467. The Morgan fingerprint density at radius 1 is 1.35 bits per heavy atom. The molecule has 1 aromatic carbocycles. The number of aryl methyl sites for hydroxylation is 1. The van der Waals surface area contributed by atoms with Gasteiger partial charge in [-0.3, -0.25) is 9.59 Å². The third-order valence-corrected chi connectivity index (χ3v) is 3.46. The molecule has 0 saturated carbocycles. The molecule has 5 heteroatoms. The molecule has 20 heavy (non-hydrogen) atoms. The summed E-state index contributed by atoms with van der Waals surface area (Å²) in [6.45, 7) is 5.67. The first kappa shape index (κ1) is 16.2. The van der Waals surface area contributed by atoms with E-state index >= 15 is 0 Å². The molecule has 0 spiro atoms. The van der Waals surface area contributed by atoms with Gasteiger partial charge in [-0.15, -0.1) is 0 Å². The summed E-state index contributed by atoms with van der Waals surface area (Å²) in [6.07, 6.45) is 0.718. The number of likely N-dealkylation sites (N-methyl/N-ethyl adjacent to an activating group) is 1. The molecule has 0 aromatic heterocycles. The van der Waals surface area contributed by atoms with Crippen molar-refractivity contribution in [2.24, 2.45) is 5.73 Å². The van der Waals surface area contributed by atoms with Crippen LogP contribution in [0.4, 0.5) is 0 Å². The summed E-state index contributed by atoms with van der Waals surface area (Å²) in [5.74, 6) is -0.506. The van der Waals surface area contributed by atoms with Crippen LogP contribution in [0.5, 0.6) is 0 Å². The second-order valence-corrected chi connectivity index (χ2v) is 4.92. The van der Waals surface area contributed by atoms with E-state index in [0.29, 0.717) is 5.56 Å². The van der Waals surface area contributed by atoms with Crippen LogP contribution in [0.25, 0.3) is 0 Å². The molecule has 0 bridgehead atoms. The van der Waals surface area contributed by atoms with Crippen LogP contribution in [0, 0.1) is 6.92 Å². The highest BCUT2D eigenvalue weighted by molar-refractivity contribution is 5.94. The van der Waals surface area contributed by atoms with Gasteiger partial charge in [-0.2, -0.15) is 0 Å². The normalized spacial score (nSPS) is 13.6. The summed E-state index contributed by atoms with van der Waals surface area (Å²) in [5.41, 5.74) is 7.53. The SMILES string of the molecule is CCC(NC)C(=O)NC(C)c1ccc(C)c(C(N)=O)c1. The van der Waals surface area contributed by atoms with Gasteiger partial charge < -0.3 is 16.4 Å². The molecule has 0 heterocycles. The Hall–Kier alpha value is -1.88. The minimum Gasteiger partial charge on any atom is -0.366 e. The van der Waals surface area contributed by atoms with Crippen LogP contribution in [-0.4, -0.2) is 24.9 Å². The molecule has 4 N–H and O–H groups in total. The summed E-state index contributed by atoms with van der Waals surface area (Å²) in [5, 5.41) is 5.89. The Balaban J connectivity index is 2.87. The molecular formula is C15H23N3O2. The quantitative estimate of drug-likeness (QED) is 0.732. The average molecular weight is 277 g/mol. The lowest BCUT2D eigenvalue weighted by Gasteiger charge is -2.20. The van der Waals surface area contributed by atoms with Gasteiger partial charge in [0.05, 0.1) is 12.1 Å². The first-order chi connectivity index (χ1) is 9.40. The predicted octanol–water partition coefficient (Wildman–Crippen LogP) is 1.27. The Labute approximate surface area is 119 Å². The number of carbonyl (C=O) groups excluding carboxylic acids is 2. The number of amides is 2. The van der Waals surface area contributed by atoms with Crippen molar-refractivity contribution in [1.29, 1.82) is 0 Å². The second-order valence-electron chi connectivity index (χ2n) is 4.92. The van der Waals surface area contributed by atoms with Gasteiger partial charge in [0, 0.05) is 5.56 Å². The molecule has 2 unspecified atom stereocenters. The molecule has 0 fully saturated rings. The molecule has 5 nitrogen and oxygen atoms in total. The fourth-order valence-electron chi connectivity index (χ4n) is 2.09. The first-order valence-electron chi connectivity index (χ1n) is 6.78. The number of benzene rings is 1. The molecule has 110 valence electrons. The van der Waals surface area contributed by atoms with Crippen molar-refractivity contribution in [3.8, 4) is 0 Å². The smallest absolute Gasteiger partial charge is 0.248 e. The van der Waals surface area contributed by atoms with Gasteiger partial charge in [0.1, 0.15) is 0 Å². The number of hydrogen-bond donors (Lipinski definition) is 3. The minimum absolute atomic E-state index is 0.0521. The van der Waals surface area contributed by atoms with E-state index in [2.05, 4.69) is 10.6 Å². The Morgan fingerprint density at radius 2 is 2.00 bits per heavy atom. The van der Waals surface area contributed by atoms with Crippen molar-refractivity contribution in [2.75, 3.05) is 7.05 Å². The number of nitrogens with two attached hydrogens (primary N) is 1. The van der Waals surface area contributed by atoms with Gasteiger partial charge in [-0.05, 0) is 44.5 Å². The average Bonchev–Trinajstić information content (AvgIpc) is 2.40. The van der Waals surface area contributed by atoms with Gasteiger partial charge in [-0.25, -0.2) is 0 Å². The van der Waals surface area contributed by atoms with Crippen molar-refractivity contribution in [1.82, 2.24) is 10.6 Å². The Kier molecular flexibility index (Phi) is 5.70. The lowest BCUT2D eigenvalue weighted by Crippen LogP contribution is -2.43. The van der Waals surface area contributed by atoms with Gasteiger partial charge in [0.2, 0.25) is 11.8 Å². The highest BCUT2D eigenvalue weighted by atomic mass is 16.2. The maximum Gasteiger partial charge on any atom is 0.248 e. The number of hydrogen-bond acceptors (Lipinski definition) is 3. The van der Waals surface area contributed by atoms with E-state index in [0.717, 1.165) is 17.5 Å². The summed E-state index contributed by atoms with van der Waals surface area (Å²) >= 11 is 0. The van der Waals surface area contributed by atoms with Crippen molar-refractivity contribution in [2.45, 2.75) is 39.3 Å². The molecule has 0 radical (unpaired) electrons. The van der Waals surface area contributed by atoms with Crippen LogP contribution in [0.3, 0.4) is 0 Å². The van der Waals surface area contributed by atoms with Crippen LogP contribution in [0.2, 0.25) is 0 Å². The third kappa shape index (κ3) is 3.81. The molecule has 0 aliphatic rings. The largest absolute Gasteiger partial charge is 0.366 e.